The minimum Gasteiger partial charge on any atom is -0.386 e. The van der Waals surface area contributed by atoms with Crippen LogP contribution >= 0.6 is 11.6 Å². The first kappa shape index (κ1) is 26.4. The molecule has 0 radical (unpaired) electrons. The molecule has 0 bridgehead atoms. The van der Waals surface area contributed by atoms with Crippen LogP contribution in [0.1, 0.15) is 29.8 Å². The van der Waals surface area contributed by atoms with Gasteiger partial charge in [0.2, 0.25) is 0 Å². The molecule has 0 atom stereocenters. The monoisotopic (exact) mass is 574 g/mol. The average Bonchev–Trinajstić information content (AvgIpc) is 3.27. The van der Waals surface area contributed by atoms with Gasteiger partial charge in [-0.15, -0.1) is 0 Å². The molecule has 6 rings (SSSR count). The van der Waals surface area contributed by atoms with Crippen LogP contribution in [0.3, 0.4) is 0 Å². The van der Waals surface area contributed by atoms with Crippen molar-refractivity contribution in [3.05, 3.63) is 109 Å². The number of aliphatic hydroxyl groups is 1. The normalized spacial score (nSPS) is 12.0. The van der Waals surface area contributed by atoms with Crippen molar-refractivity contribution >= 4 is 50.2 Å². The molecule has 2 aromatic heterocycles. The summed E-state index contributed by atoms with van der Waals surface area (Å²) in [4.78, 5) is 44.1. The number of carbonyl (C=O) groups excluding carboxylic acids is 1. The van der Waals surface area contributed by atoms with E-state index in [-0.39, 0.29) is 21.7 Å². The van der Waals surface area contributed by atoms with E-state index < -0.39 is 39.9 Å². The van der Waals surface area contributed by atoms with Crippen molar-refractivity contribution in [3.8, 4) is 16.8 Å². The van der Waals surface area contributed by atoms with Gasteiger partial charge in [0.05, 0.1) is 33.3 Å². The third kappa shape index (κ3) is 4.19. The Bertz CT molecular complexity index is 2210. The first-order chi connectivity index (χ1) is 19.3. The summed E-state index contributed by atoms with van der Waals surface area (Å²) in [6, 6.07) is 14.5. The molecule has 0 fully saturated rings. The lowest BCUT2D eigenvalue weighted by Gasteiger charge is -2.17. The fourth-order valence-corrected chi connectivity index (χ4v) is 5.50. The molecule has 4 aromatic carbocycles. The second kappa shape index (κ2) is 9.12. The Morgan fingerprint density at radius 2 is 1.73 bits per heavy atom. The van der Waals surface area contributed by atoms with Crippen LogP contribution in [0.25, 0.3) is 49.5 Å². The van der Waals surface area contributed by atoms with Crippen LogP contribution in [0.4, 0.5) is 8.78 Å². The number of benzene rings is 4. The molecule has 1 amide bonds. The van der Waals surface area contributed by atoms with Gasteiger partial charge < -0.3 is 20.8 Å². The number of carbonyl (C=O) groups is 1. The number of fused-ring (bicyclic) bond motifs is 4. The number of nitrogens with zero attached hydrogens (tertiary/aromatic N) is 1. The van der Waals surface area contributed by atoms with Crippen LogP contribution < -0.4 is 17.0 Å². The van der Waals surface area contributed by atoms with Crippen LogP contribution in [-0.4, -0.2) is 25.5 Å². The molecule has 0 spiro atoms. The van der Waals surface area contributed by atoms with Crippen LogP contribution in [0, 0.1) is 11.6 Å². The van der Waals surface area contributed by atoms with Crippen LogP contribution in [0.15, 0.2) is 70.3 Å². The van der Waals surface area contributed by atoms with Crippen molar-refractivity contribution in [1.29, 1.82) is 0 Å². The zero-order valence-corrected chi connectivity index (χ0v) is 22.4. The number of hydrogen-bond acceptors (Lipinski definition) is 4. The molecule has 0 aliphatic heterocycles. The highest BCUT2D eigenvalue weighted by molar-refractivity contribution is 6.37. The van der Waals surface area contributed by atoms with E-state index in [1.54, 1.807) is 44.2 Å². The van der Waals surface area contributed by atoms with Gasteiger partial charge in [0.1, 0.15) is 5.82 Å². The summed E-state index contributed by atoms with van der Waals surface area (Å²) >= 11 is 6.74. The second-order valence-corrected chi connectivity index (χ2v) is 10.7. The average molecular weight is 575 g/mol. The van der Waals surface area contributed by atoms with E-state index in [0.717, 1.165) is 10.6 Å². The lowest BCUT2D eigenvalue weighted by atomic mass is 9.94. The van der Waals surface area contributed by atoms with Gasteiger partial charge in [-0.25, -0.2) is 18.1 Å². The van der Waals surface area contributed by atoms with Crippen molar-refractivity contribution in [2.75, 3.05) is 0 Å². The van der Waals surface area contributed by atoms with E-state index >= 15 is 0 Å². The molecule has 41 heavy (non-hydrogen) atoms. The first-order valence-corrected chi connectivity index (χ1v) is 12.8. The molecule has 6 aromatic rings. The predicted octanol–water partition coefficient (Wildman–Crippen LogP) is 5.24. The Morgan fingerprint density at radius 1 is 0.976 bits per heavy atom. The Hall–Kier alpha value is -4.80. The fourth-order valence-electron chi connectivity index (χ4n) is 5.19. The SMILES string of the molecule is CC(C)(O)c1ccc2c(c1)[nH]c1c(C(N)=O)cc(Cl)c(-c3cccc(-n4c(=O)[nH]c5c(F)cc(F)cc5c4=O)c3)c12. The molecule has 0 aliphatic rings. The summed E-state index contributed by atoms with van der Waals surface area (Å²) in [5, 5.41) is 11.6. The van der Waals surface area contributed by atoms with E-state index in [1.807, 2.05) is 0 Å². The Balaban J connectivity index is 1.65. The van der Waals surface area contributed by atoms with Crippen LogP contribution in [-0.2, 0) is 5.60 Å². The summed E-state index contributed by atoms with van der Waals surface area (Å²) < 4.78 is 29.0. The molecule has 5 N–H and O–H groups in total. The lowest BCUT2D eigenvalue weighted by molar-refractivity contribution is 0.0787. The summed E-state index contributed by atoms with van der Waals surface area (Å²) in [6.07, 6.45) is 0. The van der Waals surface area contributed by atoms with Gasteiger partial charge in [-0.3, -0.25) is 9.59 Å². The maximum Gasteiger partial charge on any atom is 0.333 e. The van der Waals surface area contributed by atoms with Crippen LogP contribution in [0.5, 0.6) is 0 Å². The molecule has 2 heterocycles. The number of nitrogens with one attached hydrogen (secondary N) is 2. The maximum absolute atomic E-state index is 14.3. The highest BCUT2D eigenvalue weighted by Crippen LogP contribution is 2.42. The summed E-state index contributed by atoms with van der Waals surface area (Å²) in [5.74, 6) is -2.73. The maximum atomic E-state index is 14.3. The summed E-state index contributed by atoms with van der Waals surface area (Å²) in [5.41, 5.74) is 5.22. The van der Waals surface area contributed by atoms with E-state index in [0.29, 0.717) is 44.6 Å². The van der Waals surface area contributed by atoms with Gasteiger partial charge in [-0.2, -0.15) is 0 Å². The number of aromatic amines is 2. The predicted molar refractivity (Wildman–Crippen MR) is 154 cm³/mol. The van der Waals surface area contributed by atoms with E-state index in [2.05, 4.69) is 9.97 Å². The highest BCUT2D eigenvalue weighted by Gasteiger charge is 2.23. The van der Waals surface area contributed by atoms with Gasteiger partial charge in [-0.05, 0) is 55.3 Å². The molecule has 0 unspecified atom stereocenters. The second-order valence-electron chi connectivity index (χ2n) is 10.3. The third-order valence-corrected chi connectivity index (χ3v) is 7.41. The standard InChI is InChI=1S/C30H21ClF2N4O4/c1-30(2,41)14-6-7-17-22(9-14)35-26-18(27(34)38)12-20(31)23(24(17)26)13-4-3-5-16(8-13)37-28(39)19-10-15(32)11-21(33)25(19)36-29(37)40/h3-12,35,41H,1-2H3,(H2,34,38)(H,36,40). The van der Waals surface area contributed by atoms with Crippen molar-refractivity contribution < 1.29 is 18.7 Å². The van der Waals surface area contributed by atoms with Crippen molar-refractivity contribution in [1.82, 2.24) is 14.5 Å². The molecular weight excluding hydrogens is 554 g/mol. The molecule has 0 saturated carbocycles. The minimum atomic E-state index is -1.13. The zero-order chi connectivity index (χ0) is 29.4. The molecular formula is C30H21ClF2N4O4. The molecule has 0 aliphatic carbocycles. The van der Waals surface area contributed by atoms with E-state index in [4.69, 9.17) is 17.3 Å². The van der Waals surface area contributed by atoms with Crippen molar-refractivity contribution in [2.24, 2.45) is 5.73 Å². The summed E-state index contributed by atoms with van der Waals surface area (Å²) in [6.45, 7) is 3.30. The number of rotatable bonds is 4. The minimum absolute atomic E-state index is 0.118. The quantitative estimate of drug-likeness (QED) is 0.229. The number of amides is 1. The number of hydrogen-bond donors (Lipinski definition) is 4. The Kier molecular flexibility index (Phi) is 5.88. The number of aromatic nitrogens is 3. The van der Waals surface area contributed by atoms with E-state index in [1.165, 1.54) is 18.2 Å². The molecule has 8 nitrogen and oxygen atoms in total. The highest BCUT2D eigenvalue weighted by atomic mass is 35.5. The third-order valence-electron chi connectivity index (χ3n) is 7.12. The summed E-state index contributed by atoms with van der Waals surface area (Å²) in [7, 11) is 0. The topological polar surface area (TPSA) is 134 Å². The Labute approximate surface area is 234 Å². The largest absolute Gasteiger partial charge is 0.386 e. The first-order valence-electron chi connectivity index (χ1n) is 12.4. The van der Waals surface area contributed by atoms with Gasteiger partial charge >= 0.3 is 5.69 Å². The van der Waals surface area contributed by atoms with Gasteiger partial charge in [0, 0.05) is 32.9 Å². The number of nitrogens with two attached hydrogens (primary N) is 1. The molecule has 206 valence electrons. The fraction of sp³-hybridized carbons (Fsp3) is 0.100. The smallest absolute Gasteiger partial charge is 0.333 e. The van der Waals surface area contributed by atoms with E-state index in [9.17, 15) is 28.3 Å². The van der Waals surface area contributed by atoms with Gasteiger partial charge in [0.15, 0.2) is 5.82 Å². The van der Waals surface area contributed by atoms with Crippen molar-refractivity contribution in [3.63, 3.8) is 0 Å². The molecule has 11 heteroatoms. The number of halogens is 3. The lowest BCUT2D eigenvalue weighted by Crippen LogP contribution is -2.34. The van der Waals surface area contributed by atoms with Gasteiger partial charge in [0.25, 0.3) is 11.5 Å². The molecule has 0 saturated heterocycles. The zero-order valence-electron chi connectivity index (χ0n) is 21.6. The van der Waals surface area contributed by atoms with Crippen LogP contribution in [0.2, 0.25) is 5.02 Å². The Morgan fingerprint density at radius 3 is 2.44 bits per heavy atom. The number of H-pyrrole nitrogens is 2. The van der Waals surface area contributed by atoms with Gasteiger partial charge in [-0.1, -0.05) is 35.9 Å². The number of primary amides is 1. The van der Waals surface area contributed by atoms with Crippen molar-refractivity contribution in [2.45, 2.75) is 19.4 Å².